The van der Waals surface area contributed by atoms with Crippen molar-refractivity contribution in [2.75, 3.05) is 0 Å². The zero-order valence-electron chi connectivity index (χ0n) is 12.2. The molecule has 122 valence electrons. The molecule has 0 saturated carbocycles. The van der Waals surface area contributed by atoms with Gasteiger partial charge in [0.15, 0.2) is 5.82 Å². The number of aromatic nitrogens is 4. The molecule has 0 amide bonds. The minimum Gasteiger partial charge on any atom is -0.261 e. The summed E-state index contributed by atoms with van der Waals surface area (Å²) in [5.74, 6) is 0.420. The van der Waals surface area contributed by atoms with Crippen molar-refractivity contribution in [2.45, 2.75) is 17.0 Å². The highest BCUT2D eigenvalue weighted by atomic mass is 32.2. The molecule has 2 heterocycles. The minimum atomic E-state index is -4.55. The predicted molar refractivity (Wildman–Crippen MR) is 84.1 cm³/mol. The molecule has 0 fully saturated rings. The number of nitrogens with zero attached hydrogens (tertiary/aromatic N) is 4. The van der Waals surface area contributed by atoms with Crippen molar-refractivity contribution < 1.29 is 13.2 Å². The Kier molecular flexibility index (Phi) is 4.75. The summed E-state index contributed by atoms with van der Waals surface area (Å²) in [6.07, 6.45) is -0.402. The molecule has 8 heteroatoms. The third-order valence-electron chi connectivity index (χ3n) is 3.01. The maximum Gasteiger partial charge on any atom is 0.433 e. The van der Waals surface area contributed by atoms with E-state index in [-0.39, 0.29) is 16.5 Å². The van der Waals surface area contributed by atoms with Gasteiger partial charge >= 0.3 is 6.18 Å². The van der Waals surface area contributed by atoms with Crippen LogP contribution < -0.4 is 0 Å². The van der Waals surface area contributed by atoms with E-state index in [0.29, 0.717) is 5.75 Å². The second-order valence-corrected chi connectivity index (χ2v) is 5.77. The van der Waals surface area contributed by atoms with Crippen molar-refractivity contribution in [2.24, 2.45) is 0 Å². The van der Waals surface area contributed by atoms with Gasteiger partial charge in [0.1, 0.15) is 16.4 Å². The lowest BCUT2D eigenvalue weighted by molar-refractivity contribution is -0.141. The van der Waals surface area contributed by atoms with Crippen molar-refractivity contribution in [3.63, 3.8) is 0 Å². The van der Waals surface area contributed by atoms with E-state index in [2.05, 4.69) is 19.9 Å². The molecule has 0 bridgehead atoms. The molecule has 0 aliphatic carbocycles. The van der Waals surface area contributed by atoms with Gasteiger partial charge in [-0.25, -0.2) is 15.0 Å². The Morgan fingerprint density at radius 2 is 1.79 bits per heavy atom. The predicted octanol–water partition coefficient (Wildman–Crippen LogP) is 4.24. The first kappa shape index (κ1) is 16.4. The van der Waals surface area contributed by atoms with Crippen LogP contribution >= 0.6 is 11.8 Å². The number of thioether (sulfide) groups is 1. The molecule has 0 aliphatic rings. The Morgan fingerprint density at radius 1 is 1.00 bits per heavy atom. The number of hydrogen-bond donors (Lipinski definition) is 0. The summed E-state index contributed by atoms with van der Waals surface area (Å²) in [6, 6.07) is 10.4. The number of hydrogen-bond acceptors (Lipinski definition) is 5. The van der Waals surface area contributed by atoms with E-state index >= 15 is 0 Å². The second kappa shape index (κ2) is 6.96. The van der Waals surface area contributed by atoms with E-state index in [1.54, 1.807) is 0 Å². The number of rotatable bonds is 4. The van der Waals surface area contributed by atoms with Crippen LogP contribution in [0.3, 0.4) is 0 Å². The largest absolute Gasteiger partial charge is 0.433 e. The van der Waals surface area contributed by atoms with Gasteiger partial charge < -0.3 is 0 Å². The van der Waals surface area contributed by atoms with Crippen molar-refractivity contribution in [3.05, 3.63) is 66.2 Å². The lowest BCUT2D eigenvalue weighted by atomic mass is 10.2. The average Bonchev–Trinajstić information content (AvgIpc) is 2.61. The highest BCUT2D eigenvalue weighted by Gasteiger charge is 2.34. The number of benzene rings is 1. The Morgan fingerprint density at radius 3 is 2.46 bits per heavy atom. The molecule has 0 aliphatic heterocycles. The maximum absolute atomic E-state index is 13.1. The Hall–Kier alpha value is -2.48. The molecular formula is C16H11F3N4S. The van der Waals surface area contributed by atoms with Gasteiger partial charge in [0, 0.05) is 24.2 Å². The fourth-order valence-electron chi connectivity index (χ4n) is 1.90. The molecule has 24 heavy (non-hydrogen) atoms. The third-order valence-corrected chi connectivity index (χ3v) is 4.00. The van der Waals surface area contributed by atoms with Crippen molar-refractivity contribution >= 4 is 11.8 Å². The van der Waals surface area contributed by atoms with Crippen LogP contribution in [0.5, 0.6) is 0 Å². The fraction of sp³-hybridized carbons (Fsp3) is 0.125. The van der Waals surface area contributed by atoms with Gasteiger partial charge in [0.2, 0.25) is 0 Å². The van der Waals surface area contributed by atoms with Crippen LogP contribution in [0.4, 0.5) is 13.2 Å². The topological polar surface area (TPSA) is 51.6 Å². The van der Waals surface area contributed by atoms with Crippen molar-refractivity contribution in [1.82, 2.24) is 19.9 Å². The van der Waals surface area contributed by atoms with E-state index in [1.807, 2.05) is 30.3 Å². The SMILES string of the molecule is FC(F)(F)c1cc(SCc2ccccc2)nc(-c2cnccn2)n1. The smallest absolute Gasteiger partial charge is 0.261 e. The Balaban J connectivity index is 1.93. The molecule has 0 saturated heterocycles. The molecule has 0 spiro atoms. The van der Waals surface area contributed by atoms with Crippen LogP contribution in [0.1, 0.15) is 11.3 Å². The first-order valence-corrected chi connectivity index (χ1v) is 7.90. The Labute approximate surface area is 140 Å². The molecule has 0 atom stereocenters. The first-order chi connectivity index (χ1) is 11.5. The molecule has 1 aromatic carbocycles. The zero-order valence-corrected chi connectivity index (χ0v) is 13.1. The standard InChI is InChI=1S/C16H11F3N4S/c17-16(18,19)13-8-14(24-10-11-4-2-1-3-5-11)23-15(22-13)12-9-20-6-7-21-12/h1-9H,10H2. The third kappa shape index (κ3) is 4.08. The van der Waals surface area contributed by atoms with Gasteiger partial charge in [0.05, 0.1) is 6.20 Å². The number of alkyl halides is 3. The molecule has 2 aromatic heterocycles. The number of halogens is 3. The summed E-state index contributed by atoms with van der Waals surface area (Å²) in [5, 5.41) is 0.238. The lowest BCUT2D eigenvalue weighted by Gasteiger charge is -2.10. The maximum atomic E-state index is 13.1. The van der Waals surface area contributed by atoms with Gasteiger partial charge in [-0.2, -0.15) is 13.2 Å². The average molecular weight is 348 g/mol. The van der Waals surface area contributed by atoms with Gasteiger partial charge in [-0.1, -0.05) is 30.3 Å². The van der Waals surface area contributed by atoms with Crippen LogP contribution in [0.2, 0.25) is 0 Å². The summed E-state index contributed by atoms with van der Waals surface area (Å²) < 4.78 is 39.3. The zero-order chi connectivity index (χ0) is 17.0. The lowest BCUT2D eigenvalue weighted by Crippen LogP contribution is -2.10. The molecule has 0 radical (unpaired) electrons. The molecular weight excluding hydrogens is 337 g/mol. The van der Waals surface area contributed by atoms with Crippen LogP contribution in [0.25, 0.3) is 11.5 Å². The van der Waals surface area contributed by atoms with Crippen LogP contribution in [-0.4, -0.2) is 19.9 Å². The highest BCUT2D eigenvalue weighted by Crippen LogP contribution is 2.32. The summed E-state index contributed by atoms with van der Waals surface area (Å²) in [7, 11) is 0. The Bertz CT molecular complexity index is 811. The first-order valence-electron chi connectivity index (χ1n) is 6.92. The van der Waals surface area contributed by atoms with Gasteiger partial charge in [0.25, 0.3) is 0 Å². The van der Waals surface area contributed by atoms with E-state index in [1.165, 1.54) is 30.4 Å². The van der Waals surface area contributed by atoms with E-state index in [4.69, 9.17) is 0 Å². The summed E-state index contributed by atoms with van der Waals surface area (Å²) >= 11 is 1.21. The van der Waals surface area contributed by atoms with Gasteiger partial charge in [-0.05, 0) is 5.56 Å². The van der Waals surface area contributed by atoms with E-state index < -0.39 is 11.9 Å². The molecule has 0 N–H and O–H groups in total. The monoisotopic (exact) mass is 348 g/mol. The summed E-state index contributed by atoms with van der Waals surface area (Å²) in [6.45, 7) is 0. The van der Waals surface area contributed by atoms with Crippen molar-refractivity contribution in [3.8, 4) is 11.5 Å². The summed E-state index contributed by atoms with van der Waals surface area (Å²) in [5.41, 5.74) is 0.203. The summed E-state index contributed by atoms with van der Waals surface area (Å²) in [4.78, 5) is 15.6. The van der Waals surface area contributed by atoms with Crippen LogP contribution in [-0.2, 0) is 11.9 Å². The molecule has 4 nitrogen and oxygen atoms in total. The second-order valence-electron chi connectivity index (χ2n) is 4.78. The van der Waals surface area contributed by atoms with Crippen molar-refractivity contribution in [1.29, 1.82) is 0 Å². The fourth-order valence-corrected chi connectivity index (χ4v) is 2.76. The van der Waals surface area contributed by atoms with E-state index in [0.717, 1.165) is 11.6 Å². The van der Waals surface area contributed by atoms with Crippen LogP contribution in [0.15, 0.2) is 60.0 Å². The van der Waals surface area contributed by atoms with Gasteiger partial charge in [-0.15, -0.1) is 11.8 Å². The highest BCUT2D eigenvalue weighted by molar-refractivity contribution is 7.98. The van der Waals surface area contributed by atoms with Gasteiger partial charge in [-0.3, -0.25) is 4.98 Å². The molecule has 3 aromatic rings. The quantitative estimate of drug-likeness (QED) is 0.521. The van der Waals surface area contributed by atoms with E-state index in [9.17, 15) is 13.2 Å². The molecule has 0 unspecified atom stereocenters. The van der Waals surface area contributed by atoms with Crippen LogP contribution in [0, 0.1) is 0 Å². The normalized spacial score (nSPS) is 11.5. The minimum absolute atomic E-state index is 0.0894. The molecule has 3 rings (SSSR count).